The Labute approximate surface area is 207 Å². The highest BCUT2D eigenvalue weighted by Gasteiger charge is 2.43. The minimum absolute atomic E-state index is 0.112. The lowest BCUT2D eigenvalue weighted by molar-refractivity contribution is -0.286. The number of nitrogens with one attached hydrogen (secondary N) is 1. The van der Waals surface area contributed by atoms with Crippen LogP contribution in [-0.2, 0) is 11.3 Å². The number of hydrogen-bond donors (Lipinski definition) is 1. The molecule has 0 saturated carbocycles. The Morgan fingerprint density at radius 1 is 1.08 bits per heavy atom. The van der Waals surface area contributed by atoms with Gasteiger partial charge in [0.15, 0.2) is 28.5 Å². The van der Waals surface area contributed by atoms with E-state index in [0.717, 1.165) is 4.68 Å². The largest absolute Gasteiger partial charge is 0.586 e. The molecule has 6 rings (SSSR count). The number of ether oxygens (including phenoxy) is 4. The summed E-state index contributed by atoms with van der Waals surface area (Å²) in [5, 5.41) is 4.46. The van der Waals surface area contributed by atoms with Gasteiger partial charge in [0.25, 0.3) is 5.56 Å². The van der Waals surface area contributed by atoms with Gasteiger partial charge >= 0.3 is 6.29 Å². The molecule has 0 spiro atoms. The summed E-state index contributed by atoms with van der Waals surface area (Å²) in [6, 6.07) is 9.30. The molecule has 0 radical (unpaired) electrons. The number of amides is 1. The number of carbonyl (C=O) groups excluding carboxylic acids is 1. The van der Waals surface area contributed by atoms with Crippen LogP contribution < -0.4 is 29.4 Å². The van der Waals surface area contributed by atoms with E-state index < -0.39 is 24.3 Å². The van der Waals surface area contributed by atoms with Crippen molar-refractivity contribution in [3.63, 3.8) is 0 Å². The van der Waals surface area contributed by atoms with Crippen LogP contribution in [0.1, 0.15) is 6.92 Å². The number of benzene rings is 2. The molecule has 0 aliphatic carbocycles. The number of aromatic amines is 1. The van der Waals surface area contributed by atoms with Gasteiger partial charge in [-0.3, -0.25) is 9.59 Å². The van der Waals surface area contributed by atoms with Gasteiger partial charge in [-0.15, -0.1) is 8.78 Å². The summed E-state index contributed by atoms with van der Waals surface area (Å²) in [5.74, 6) is 0.314. The second-order valence-electron chi connectivity index (χ2n) is 8.23. The van der Waals surface area contributed by atoms with Gasteiger partial charge in [0, 0.05) is 23.9 Å². The number of alkyl halides is 2. The van der Waals surface area contributed by atoms with Crippen LogP contribution >= 0.6 is 0 Å². The predicted molar refractivity (Wildman–Crippen MR) is 125 cm³/mol. The Morgan fingerprint density at radius 2 is 1.84 bits per heavy atom. The zero-order valence-electron chi connectivity index (χ0n) is 19.4. The van der Waals surface area contributed by atoms with Crippen LogP contribution in [0.5, 0.6) is 23.0 Å². The van der Waals surface area contributed by atoms with E-state index in [1.54, 1.807) is 25.1 Å². The third-order valence-electron chi connectivity index (χ3n) is 5.95. The third-order valence-corrected chi connectivity index (χ3v) is 5.95. The van der Waals surface area contributed by atoms with E-state index in [0.29, 0.717) is 47.2 Å². The predicted octanol–water partition coefficient (Wildman–Crippen LogP) is 2.93. The Hall–Kier alpha value is -4.68. The number of fused-ring (bicyclic) bond motifs is 3. The molecule has 190 valence electrons. The molecule has 4 aromatic rings. The summed E-state index contributed by atoms with van der Waals surface area (Å²) >= 11 is 0. The summed E-state index contributed by atoms with van der Waals surface area (Å²) < 4.78 is 48.0. The maximum absolute atomic E-state index is 13.4. The van der Waals surface area contributed by atoms with Crippen molar-refractivity contribution in [1.82, 2.24) is 19.7 Å². The fourth-order valence-corrected chi connectivity index (χ4v) is 4.30. The smallest absolute Gasteiger partial charge is 0.486 e. The Balaban J connectivity index is 1.35. The third kappa shape index (κ3) is 3.97. The van der Waals surface area contributed by atoms with Crippen molar-refractivity contribution in [1.29, 1.82) is 0 Å². The average Bonchev–Trinajstić information content (AvgIpc) is 3.49. The number of anilines is 1. The van der Waals surface area contributed by atoms with E-state index in [2.05, 4.69) is 24.5 Å². The van der Waals surface area contributed by atoms with Crippen LogP contribution in [0.2, 0.25) is 0 Å². The molecule has 0 atom stereocenters. The van der Waals surface area contributed by atoms with E-state index in [4.69, 9.17) is 9.47 Å². The fourth-order valence-electron chi connectivity index (χ4n) is 4.30. The monoisotopic (exact) mass is 511 g/mol. The standard InChI is InChI=1S/C24H19F2N5O6/c1-2-30(14-4-6-16-18(10-14)37-24(25,26)36-16)19(32)11-31-23(33)22-21(27-12-28-22)20(29-31)13-3-5-15-17(9-13)35-8-7-34-15/h3-6,9-10,12H,2,7-8,11H2,1H3,(H,27,28). The molecule has 2 aromatic carbocycles. The SMILES string of the molecule is CCN(C(=O)Cn1nc(-c2ccc3c(c2)OCCO3)c2[nH]cnc2c1=O)c1ccc2c(c1)OC(F)(F)O2. The number of H-pyrrole nitrogens is 1. The van der Waals surface area contributed by atoms with E-state index in [1.807, 2.05) is 0 Å². The summed E-state index contributed by atoms with van der Waals surface area (Å²) in [5.41, 5.74) is 1.28. The Bertz CT molecular complexity index is 1600. The number of aromatic nitrogens is 4. The molecular formula is C24H19F2N5O6. The van der Waals surface area contributed by atoms with E-state index in [1.165, 1.54) is 29.4 Å². The van der Waals surface area contributed by atoms with Gasteiger partial charge in [-0.25, -0.2) is 9.67 Å². The molecule has 1 amide bonds. The second-order valence-corrected chi connectivity index (χ2v) is 8.23. The quantitative estimate of drug-likeness (QED) is 0.434. The van der Waals surface area contributed by atoms with Crippen molar-refractivity contribution in [3.8, 4) is 34.3 Å². The van der Waals surface area contributed by atoms with E-state index in [9.17, 15) is 18.4 Å². The minimum Gasteiger partial charge on any atom is -0.486 e. The Kier molecular flexibility index (Phi) is 5.21. The van der Waals surface area contributed by atoms with Crippen LogP contribution in [0.3, 0.4) is 0 Å². The van der Waals surface area contributed by atoms with Crippen LogP contribution in [0.4, 0.5) is 14.5 Å². The molecule has 0 unspecified atom stereocenters. The molecule has 2 aromatic heterocycles. The Morgan fingerprint density at radius 3 is 2.65 bits per heavy atom. The number of halogens is 2. The topological polar surface area (TPSA) is 121 Å². The summed E-state index contributed by atoms with van der Waals surface area (Å²) in [7, 11) is 0. The lowest BCUT2D eigenvalue weighted by atomic mass is 10.1. The van der Waals surface area contributed by atoms with Gasteiger partial charge in [-0.2, -0.15) is 5.10 Å². The van der Waals surface area contributed by atoms with Crippen molar-refractivity contribution >= 4 is 22.6 Å². The van der Waals surface area contributed by atoms with Crippen molar-refractivity contribution in [2.75, 3.05) is 24.7 Å². The minimum atomic E-state index is -3.78. The first-order chi connectivity index (χ1) is 17.8. The lowest BCUT2D eigenvalue weighted by Gasteiger charge is -2.22. The summed E-state index contributed by atoms with van der Waals surface area (Å²) in [6.07, 6.45) is -2.40. The van der Waals surface area contributed by atoms with Gasteiger partial charge in [0.1, 0.15) is 25.5 Å². The molecule has 1 N–H and O–H groups in total. The molecule has 0 bridgehead atoms. The first kappa shape index (κ1) is 22.8. The zero-order chi connectivity index (χ0) is 25.7. The number of rotatable bonds is 5. The second kappa shape index (κ2) is 8.47. The van der Waals surface area contributed by atoms with E-state index >= 15 is 0 Å². The van der Waals surface area contributed by atoms with Crippen molar-refractivity contribution in [2.45, 2.75) is 19.8 Å². The van der Waals surface area contributed by atoms with Crippen LogP contribution in [0.25, 0.3) is 22.3 Å². The van der Waals surface area contributed by atoms with Crippen molar-refractivity contribution in [3.05, 3.63) is 53.1 Å². The van der Waals surface area contributed by atoms with Crippen molar-refractivity contribution in [2.24, 2.45) is 0 Å². The molecule has 2 aliphatic heterocycles. The normalized spacial score (nSPS) is 15.1. The molecule has 37 heavy (non-hydrogen) atoms. The highest BCUT2D eigenvalue weighted by atomic mass is 19.3. The summed E-state index contributed by atoms with van der Waals surface area (Å²) in [6.45, 7) is 2.34. The molecule has 0 fully saturated rings. The molecule has 2 aliphatic rings. The first-order valence-electron chi connectivity index (χ1n) is 11.4. The molecule has 11 nitrogen and oxygen atoms in total. The van der Waals surface area contributed by atoms with Crippen molar-refractivity contribution < 1.29 is 32.5 Å². The number of carbonyl (C=O) groups is 1. The van der Waals surface area contributed by atoms with Gasteiger partial charge < -0.3 is 28.8 Å². The summed E-state index contributed by atoms with van der Waals surface area (Å²) in [4.78, 5) is 34.8. The maximum atomic E-state index is 13.4. The van der Waals surface area contributed by atoms with E-state index in [-0.39, 0.29) is 23.6 Å². The number of nitrogens with zero attached hydrogens (tertiary/aromatic N) is 4. The lowest BCUT2D eigenvalue weighted by Crippen LogP contribution is -2.37. The number of hydrogen-bond acceptors (Lipinski definition) is 8. The molecule has 4 heterocycles. The highest BCUT2D eigenvalue weighted by Crippen LogP contribution is 2.43. The first-order valence-corrected chi connectivity index (χ1v) is 11.4. The van der Waals surface area contributed by atoms with Gasteiger partial charge in [-0.05, 0) is 37.3 Å². The van der Waals surface area contributed by atoms with Gasteiger partial charge in [0.2, 0.25) is 5.91 Å². The zero-order valence-corrected chi connectivity index (χ0v) is 19.4. The van der Waals surface area contributed by atoms with Gasteiger partial charge in [0.05, 0.1) is 11.8 Å². The molecule has 0 saturated heterocycles. The van der Waals surface area contributed by atoms with Crippen LogP contribution in [0.15, 0.2) is 47.5 Å². The highest BCUT2D eigenvalue weighted by molar-refractivity contribution is 5.94. The van der Waals surface area contributed by atoms with Gasteiger partial charge in [-0.1, -0.05) is 0 Å². The molecule has 13 heteroatoms. The van der Waals surface area contributed by atoms with Crippen LogP contribution in [0, 0.1) is 0 Å². The molecular weight excluding hydrogens is 492 g/mol. The average molecular weight is 511 g/mol. The number of imidazole rings is 1. The van der Waals surface area contributed by atoms with Crippen LogP contribution in [-0.4, -0.2) is 51.7 Å². The number of likely N-dealkylation sites (N-methyl/N-ethyl adjacent to an activating group) is 1. The maximum Gasteiger partial charge on any atom is 0.586 e. The fraction of sp³-hybridized carbons (Fsp3) is 0.250.